The van der Waals surface area contributed by atoms with E-state index in [2.05, 4.69) is 0 Å². The smallest absolute Gasteiger partial charge is 0.243 e. The molecule has 1 aromatic carbocycles. The first-order valence-corrected chi connectivity index (χ1v) is 7.22. The quantitative estimate of drug-likeness (QED) is 0.821. The Balaban J connectivity index is 2.41. The first kappa shape index (κ1) is 13.5. The summed E-state index contributed by atoms with van der Waals surface area (Å²) in [6.07, 6.45) is 0. The Morgan fingerprint density at radius 2 is 2.17 bits per heavy atom. The average Bonchev–Trinajstić information content (AvgIpc) is 2.28. The molecule has 100 valence electrons. The molecule has 1 fully saturated rings. The summed E-state index contributed by atoms with van der Waals surface area (Å²) in [6.45, 7) is 4.51. The number of benzene rings is 1. The van der Waals surface area contributed by atoms with Crippen LogP contribution in [0.4, 0.5) is 4.39 Å². The van der Waals surface area contributed by atoms with Gasteiger partial charge in [0.2, 0.25) is 10.0 Å². The second kappa shape index (κ2) is 4.95. The monoisotopic (exact) mass is 273 g/mol. The lowest BCUT2D eigenvalue weighted by Crippen LogP contribution is -2.47. The van der Waals surface area contributed by atoms with Crippen LogP contribution in [0.15, 0.2) is 23.1 Å². The van der Waals surface area contributed by atoms with Crippen molar-refractivity contribution in [1.82, 2.24) is 4.31 Å². The van der Waals surface area contributed by atoms with E-state index in [1.807, 2.05) is 0 Å². The average molecular weight is 273 g/mol. The fourth-order valence-corrected chi connectivity index (χ4v) is 3.91. The van der Waals surface area contributed by atoms with Crippen LogP contribution in [-0.2, 0) is 14.8 Å². The molecule has 4 nitrogen and oxygen atoms in total. The number of nitrogens with zero attached hydrogens (tertiary/aromatic N) is 1. The van der Waals surface area contributed by atoms with E-state index < -0.39 is 15.8 Å². The summed E-state index contributed by atoms with van der Waals surface area (Å²) in [5.74, 6) is -0.429. The second-order valence-corrected chi connectivity index (χ2v) is 6.31. The normalized spacial score (nSPS) is 22.1. The standard InChI is InChI=1S/C12H16FNO3S/c1-9-7-11(13)3-4-12(9)18(15,16)14-5-6-17-8-10(14)2/h3-4,7,10H,5-6,8H2,1-2H3. The summed E-state index contributed by atoms with van der Waals surface area (Å²) in [6, 6.07) is 3.53. The highest BCUT2D eigenvalue weighted by atomic mass is 32.2. The van der Waals surface area contributed by atoms with Gasteiger partial charge in [0.15, 0.2) is 0 Å². The predicted molar refractivity (Wildman–Crippen MR) is 65.3 cm³/mol. The second-order valence-electron chi connectivity index (χ2n) is 4.45. The molecule has 1 saturated heterocycles. The molecular weight excluding hydrogens is 257 g/mol. The minimum Gasteiger partial charge on any atom is -0.378 e. The van der Waals surface area contributed by atoms with Gasteiger partial charge in [0.1, 0.15) is 5.82 Å². The fourth-order valence-electron chi connectivity index (χ4n) is 2.10. The third-order valence-corrected chi connectivity index (χ3v) is 5.20. The number of ether oxygens (including phenoxy) is 1. The molecule has 1 aromatic rings. The number of hydrogen-bond donors (Lipinski definition) is 0. The van der Waals surface area contributed by atoms with Crippen LogP contribution in [0, 0.1) is 12.7 Å². The summed E-state index contributed by atoms with van der Waals surface area (Å²) in [7, 11) is -3.57. The topological polar surface area (TPSA) is 46.6 Å². The van der Waals surface area contributed by atoms with E-state index in [0.29, 0.717) is 25.3 Å². The third kappa shape index (κ3) is 2.41. The van der Waals surface area contributed by atoms with Crippen LogP contribution in [0.3, 0.4) is 0 Å². The van der Waals surface area contributed by atoms with Gasteiger partial charge in [-0.05, 0) is 37.6 Å². The van der Waals surface area contributed by atoms with Crippen LogP contribution in [0.25, 0.3) is 0 Å². The molecule has 0 N–H and O–H groups in total. The molecular formula is C12H16FNO3S. The number of rotatable bonds is 2. The highest BCUT2D eigenvalue weighted by molar-refractivity contribution is 7.89. The van der Waals surface area contributed by atoms with E-state index in [4.69, 9.17) is 4.74 Å². The van der Waals surface area contributed by atoms with Gasteiger partial charge >= 0.3 is 0 Å². The SMILES string of the molecule is Cc1cc(F)ccc1S(=O)(=O)N1CCOCC1C. The van der Waals surface area contributed by atoms with Crippen molar-refractivity contribution in [1.29, 1.82) is 0 Å². The Labute approximate surface area is 106 Å². The van der Waals surface area contributed by atoms with Crippen LogP contribution in [0.2, 0.25) is 0 Å². The molecule has 1 aliphatic heterocycles. The number of morpholine rings is 1. The molecule has 1 heterocycles. The molecule has 2 rings (SSSR count). The van der Waals surface area contributed by atoms with Gasteiger partial charge in [-0.15, -0.1) is 0 Å². The van der Waals surface area contributed by atoms with Gasteiger partial charge in [0.05, 0.1) is 18.1 Å². The van der Waals surface area contributed by atoms with E-state index >= 15 is 0 Å². The fraction of sp³-hybridized carbons (Fsp3) is 0.500. The van der Waals surface area contributed by atoms with E-state index in [0.717, 1.165) is 0 Å². The molecule has 0 aliphatic carbocycles. The van der Waals surface area contributed by atoms with E-state index in [9.17, 15) is 12.8 Å². The van der Waals surface area contributed by atoms with Gasteiger partial charge in [0, 0.05) is 12.6 Å². The highest BCUT2D eigenvalue weighted by Crippen LogP contribution is 2.23. The highest BCUT2D eigenvalue weighted by Gasteiger charge is 2.32. The van der Waals surface area contributed by atoms with Crippen molar-refractivity contribution in [3.05, 3.63) is 29.6 Å². The van der Waals surface area contributed by atoms with Gasteiger partial charge in [-0.1, -0.05) is 0 Å². The Bertz CT molecular complexity index is 544. The third-order valence-electron chi connectivity index (χ3n) is 3.03. The van der Waals surface area contributed by atoms with E-state index in [-0.39, 0.29) is 10.9 Å². The minimum absolute atomic E-state index is 0.164. The predicted octanol–water partition coefficient (Wildman–Crippen LogP) is 1.54. The van der Waals surface area contributed by atoms with Gasteiger partial charge in [-0.3, -0.25) is 0 Å². The number of aryl methyl sites for hydroxylation is 1. The molecule has 0 radical (unpaired) electrons. The number of sulfonamides is 1. The van der Waals surface area contributed by atoms with Crippen LogP contribution in [0.5, 0.6) is 0 Å². The molecule has 1 aliphatic rings. The summed E-state index contributed by atoms with van der Waals surface area (Å²) < 4.78 is 44.6. The van der Waals surface area contributed by atoms with Gasteiger partial charge in [-0.25, -0.2) is 12.8 Å². The van der Waals surface area contributed by atoms with Crippen molar-refractivity contribution < 1.29 is 17.5 Å². The van der Waals surface area contributed by atoms with Gasteiger partial charge < -0.3 is 4.74 Å². The lowest BCUT2D eigenvalue weighted by Gasteiger charge is -2.32. The largest absolute Gasteiger partial charge is 0.378 e. The summed E-state index contributed by atoms with van der Waals surface area (Å²) >= 11 is 0. The maximum absolute atomic E-state index is 13.0. The maximum atomic E-state index is 13.0. The lowest BCUT2D eigenvalue weighted by molar-refractivity contribution is 0.0392. The maximum Gasteiger partial charge on any atom is 0.243 e. The Kier molecular flexibility index (Phi) is 3.70. The van der Waals surface area contributed by atoms with Crippen molar-refractivity contribution in [3.8, 4) is 0 Å². The van der Waals surface area contributed by atoms with Gasteiger partial charge in [0.25, 0.3) is 0 Å². The van der Waals surface area contributed by atoms with Crippen LogP contribution in [-0.4, -0.2) is 38.5 Å². The van der Waals surface area contributed by atoms with Crippen LogP contribution >= 0.6 is 0 Å². The van der Waals surface area contributed by atoms with E-state index in [1.165, 1.54) is 22.5 Å². The number of hydrogen-bond acceptors (Lipinski definition) is 3. The van der Waals surface area contributed by atoms with Gasteiger partial charge in [-0.2, -0.15) is 4.31 Å². The Morgan fingerprint density at radius 1 is 1.44 bits per heavy atom. The van der Waals surface area contributed by atoms with Crippen molar-refractivity contribution >= 4 is 10.0 Å². The minimum atomic E-state index is -3.57. The molecule has 0 spiro atoms. The van der Waals surface area contributed by atoms with Crippen molar-refractivity contribution in [3.63, 3.8) is 0 Å². The lowest BCUT2D eigenvalue weighted by atomic mass is 10.2. The zero-order valence-corrected chi connectivity index (χ0v) is 11.2. The molecule has 6 heteroatoms. The van der Waals surface area contributed by atoms with Crippen molar-refractivity contribution in [2.75, 3.05) is 19.8 Å². The van der Waals surface area contributed by atoms with Crippen LogP contribution in [0.1, 0.15) is 12.5 Å². The zero-order valence-electron chi connectivity index (χ0n) is 10.4. The van der Waals surface area contributed by atoms with Crippen molar-refractivity contribution in [2.45, 2.75) is 24.8 Å². The zero-order chi connectivity index (χ0) is 13.3. The molecule has 0 saturated carbocycles. The molecule has 1 unspecified atom stereocenters. The van der Waals surface area contributed by atoms with Crippen LogP contribution < -0.4 is 0 Å². The van der Waals surface area contributed by atoms with Crippen molar-refractivity contribution in [2.24, 2.45) is 0 Å². The Morgan fingerprint density at radius 3 is 2.78 bits per heavy atom. The summed E-state index contributed by atoms with van der Waals surface area (Å²) in [4.78, 5) is 0.164. The summed E-state index contributed by atoms with van der Waals surface area (Å²) in [5, 5.41) is 0. The Hall–Kier alpha value is -0.980. The molecule has 1 atom stereocenters. The molecule has 0 aromatic heterocycles. The number of halogens is 1. The molecule has 0 bridgehead atoms. The molecule has 18 heavy (non-hydrogen) atoms. The van der Waals surface area contributed by atoms with E-state index in [1.54, 1.807) is 13.8 Å². The first-order valence-electron chi connectivity index (χ1n) is 5.78. The summed E-state index contributed by atoms with van der Waals surface area (Å²) in [5.41, 5.74) is 0.425. The molecule has 0 amide bonds. The first-order chi connectivity index (χ1) is 8.43.